The van der Waals surface area contributed by atoms with Gasteiger partial charge in [0, 0.05) is 16.9 Å². The summed E-state index contributed by atoms with van der Waals surface area (Å²) in [6, 6.07) is 15.8. The van der Waals surface area contributed by atoms with Crippen LogP contribution in [0.4, 0.5) is 5.69 Å². The molecule has 0 aliphatic carbocycles. The zero-order valence-corrected chi connectivity index (χ0v) is 18.8. The molecule has 1 N–H and O–H groups in total. The Morgan fingerprint density at radius 1 is 1.10 bits per heavy atom. The van der Waals surface area contributed by atoms with Gasteiger partial charge in [-0.05, 0) is 55.7 Å². The first-order chi connectivity index (χ1) is 15.0. The van der Waals surface area contributed by atoms with Crippen molar-refractivity contribution in [2.75, 3.05) is 18.2 Å². The number of benzene rings is 2. The SMILES string of the molecule is COc1ccc(-c2cnn3c(SCC(=O)Nc4c(C)cccc4C)cc(C)nc23)cc1. The van der Waals surface area contributed by atoms with E-state index in [1.54, 1.807) is 11.6 Å². The van der Waals surface area contributed by atoms with Crippen LogP contribution in [0, 0.1) is 20.8 Å². The van der Waals surface area contributed by atoms with Crippen LogP contribution in [0.5, 0.6) is 5.75 Å². The van der Waals surface area contributed by atoms with Gasteiger partial charge in [-0.3, -0.25) is 4.79 Å². The number of hydrogen-bond acceptors (Lipinski definition) is 5. The Hall–Kier alpha value is -3.32. The molecule has 2 aromatic carbocycles. The summed E-state index contributed by atoms with van der Waals surface area (Å²) in [5.74, 6) is 1.03. The van der Waals surface area contributed by atoms with Crippen LogP contribution >= 0.6 is 11.8 Å². The molecule has 0 aliphatic rings. The first-order valence-corrected chi connectivity index (χ1v) is 10.9. The van der Waals surface area contributed by atoms with Crippen molar-refractivity contribution in [3.8, 4) is 16.9 Å². The van der Waals surface area contributed by atoms with Crippen molar-refractivity contribution in [2.24, 2.45) is 0 Å². The molecular weight excluding hydrogens is 408 g/mol. The molecule has 0 saturated carbocycles. The minimum absolute atomic E-state index is 0.0486. The number of amides is 1. The Kier molecular flexibility index (Phi) is 5.95. The van der Waals surface area contributed by atoms with Gasteiger partial charge in [-0.2, -0.15) is 5.10 Å². The van der Waals surface area contributed by atoms with E-state index in [0.29, 0.717) is 0 Å². The van der Waals surface area contributed by atoms with Gasteiger partial charge in [-0.25, -0.2) is 9.50 Å². The molecule has 4 rings (SSSR count). The monoisotopic (exact) mass is 432 g/mol. The number of hydrogen-bond donors (Lipinski definition) is 1. The molecule has 0 spiro atoms. The van der Waals surface area contributed by atoms with Crippen LogP contribution in [-0.2, 0) is 4.79 Å². The van der Waals surface area contributed by atoms with Crippen molar-refractivity contribution >= 4 is 29.0 Å². The second-order valence-electron chi connectivity index (χ2n) is 7.36. The molecule has 6 nitrogen and oxygen atoms in total. The van der Waals surface area contributed by atoms with E-state index in [2.05, 4.69) is 15.4 Å². The van der Waals surface area contributed by atoms with Gasteiger partial charge in [0.2, 0.25) is 5.91 Å². The van der Waals surface area contributed by atoms with Gasteiger partial charge in [-0.15, -0.1) is 0 Å². The minimum Gasteiger partial charge on any atom is -0.497 e. The van der Waals surface area contributed by atoms with E-state index in [1.165, 1.54) is 11.8 Å². The number of carbonyl (C=O) groups excluding carboxylic acids is 1. The predicted molar refractivity (Wildman–Crippen MR) is 125 cm³/mol. The van der Waals surface area contributed by atoms with Crippen LogP contribution < -0.4 is 10.1 Å². The minimum atomic E-state index is -0.0486. The molecule has 2 aromatic heterocycles. The molecule has 31 heavy (non-hydrogen) atoms. The van der Waals surface area contributed by atoms with Crippen molar-refractivity contribution in [2.45, 2.75) is 25.8 Å². The standard InChI is InChI=1S/C24H24N4O2S/c1-15-6-5-7-16(2)23(15)27-21(29)14-31-22-12-17(3)26-24-20(13-25-28(22)24)18-8-10-19(30-4)11-9-18/h5-13H,14H2,1-4H3,(H,27,29). The number of anilines is 1. The second-order valence-corrected chi connectivity index (χ2v) is 8.36. The summed E-state index contributed by atoms with van der Waals surface area (Å²) < 4.78 is 7.04. The molecular formula is C24H24N4O2S. The van der Waals surface area contributed by atoms with Crippen LogP contribution in [0.3, 0.4) is 0 Å². The molecule has 0 aliphatic heterocycles. The Morgan fingerprint density at radius 3 is 2.48 bits per heavy atom. The van der Waals surface area contributed by atoms with Crippen LogP contribution in [0.2, 0.25) is 0 Å². The molecule has 0 unspecified atom stereocenters. The number of nitrogens with one attached hydrogen (secondary N) is 1. The van der Waals surface area contributed by atoms with E-state index in [-0.39, 0.29) is 11.7 Å². The number of thioether (sulfide) groups is 1. The zero-order valence-electron chi connectivity index (χ0n) is 18.0. The third kappa shape index (κ3) is 4.41. The average molecular weight is 433 g/mol. The first kappa shape index (κ1) is 20.9. The van der Waals surface area contributed by atoms with Gasteiger partial charge in [-0.1, -0.05) is 42.1 Å². The van der Waals surface area contributed by atoms with Gasteiger partial charge in [0.25, 0.3) is 0 Å². The Morgan fingerprint density at radius 2 is 1.81 bits per heavy atom. The third-order valence-electron chi connectivity index (χ3n) is 5.06. The maximum absolute atomic E-state index is 12.6. The highest BCUT2D eigenvalue weighted by Crippen LogP contribution is 2.29. The van der Waals surface area contributed by atoms with Crippen LogP contribution in [0.15, 0.2) is 59.8 Å². The zero-order chi connectivity index (χ0) is 22.0. The summed E-state index contributed by atoms with van der Waals surface area (Å²) in [5, 5.41) is 8.45. The number of carbonyl (C=O) groups is 1. The first-order valence-electron chi connectivity index (χ1n) is 9.95. The lowest BCUT2D eigenvalue weighted by Gasteiger charge is -2.11. The molecule has 0 atom stereocenters. The number of aromatic nitrogens is 3. The van der Waals surface area contributed by atoms with Gasteiger partial charge in [0.05, 0.1) is 19.1 Å². The normalized spacial score (nSPS) is 11.0. The largest absolute Gasteiger partial charge is 0.497 e. The summed E-state index contributed by atoms with van der Waals surface area (Å²) in [7, 11) is 1.65. The van der Waals surface area contributed by atoms with E-state index in [4.69, 9.17) is 4.74 Å². The van der Waals surface area contributed by atoms with E-state index >= 15 is 0 Å². The number of fused-ring (bicyclic) bond motifs is 1. The molecule has 158 valence electrons. The average Bonchev–Trinajstić information content (AvgIpc) is 3.18. The van der Waals surface area contributed by atoms with Crippen LogP contribution in [0.25, 0.3) is 16.8 Å². The van der Waals surface area contributed by atoms with E-state index in [0.717, 1.165) is 50.1 Å². The smallest absolute Gasteiger partial charge is 0.234 e. The fraction of sp³-hybridized carbons (Fsp3) is 0.208. The van der Waals surface area contributed by atoms with Gasteiger partial charge in [0.15, 0.2) is 5.65 Å². The number of para-hydroxylation sites is 1. The van der Waals surface area contributed by atoms with E-state index in [1.807, 2.05) is 75.5 Å². The van der Waals surface area contributed by atoms with Crippen molar-refractivity contribution in [1.29, 1.82) is 0 Å². The van der Waals surface area contributed by atoms with Crippen molar-refractivity contribution < 1.29 is 9.53 Å². The highest BCUT2D eigenvalue weighted by molar-refractivity contribution is 7.99. The lowest BCUT2D eigenvalue weighted by Crippen LogP contribution is -2.16. The fourth-order valence-electron chi connectivity index (χ4n) is 3.45. The van der Waals surface area contributed by atoms with Crippen molar-refractivity contribution in [3.63, 3.8) is 0 Å². The van der Waals surface area contributed by atoms with E-state index < -0.39 is 0 Å². The Labute approximate surface area is 185 Å². The summed E-state index contributed by atoms with van der Waals surface area (Å²) in [6.07, 6.45) is 1.81. The topological polar surface area (TPSA) is 68.5 Å². The van der Waals surface area contributed by atoms with Gasteiger partial charge < -0.3 is 10.1 Å². The van der Waals surface area contributed by atoms with E-state index in [9.17, 15) is 4.79 Å². The molecule has 1 amide bonds. The Bertz CT molecular complexity index is 1230. The van der Waals surface area contributed by atoms with Crippen LogP contribution in [-0.4, -0.2) is 33.4 Å². The fourth-order valence-corrected chi connectivity index (χ4v) is 4.31. The highest BCUT2D eigenvalue weighted by atomic mass is 32.2. The summed E-state index contributed by atoms with van der Waals surface area (Å²) in [6.45, 7) is 5.94. The molecule has 0 bridgehead atoms. The number of aryl methyl sites for hydroxylation is 3. The number of nitrogens with zero attached hydrogens (tertiary/aromatic N) is 3. The molecule has 0 saturated heterocycles. The quantitative estimate of drug-likeness (QED) is 0.341. The summed E-state index contributed by atoms with van der Waals surface area (Å²) in [5.41, 5.74) is 6.58. The third-order valence-corrected chi connectivity index (χ3v) is 6.06. The Balaban J connectivity index is 1.57. The molecule has 4 aromatic rings. The van der Waals surface area contributed by atoms with Gasteiger partial charge >= 0.3 is 0 Å². The number of ether oxygens (including phenoxy) is 1. The molecule has 0 fully saturated rings. The summed E-state index contributed by atoms with van der Waals surface area (Å²) in [4.78, 5) is 17.3. The van der Waals surface area contributed by atoms with Gasteiger partial charge in [0.1, 0.15) is 10.8 Å². The molecule has 2 heterocycles. The predicted octanol–water partition coefficient (Wildman–Crippen LogP) is 5.06. The number of rotatable bonds is 6. The lowest BCUT2D eigenvalue weighted by atomic mass is 10.1. The highest BCUT2D eigenvalue weighted by Gasteiger charge is 2.14. The summed E-state index contributed by atoms with van der Waals surface area (Å²) >= 11 is 1.45. The maximum Gasteiger partial charge on any atom is 0.234 e. The number of methoxy groups -OCH3 is 1. The van der Waals surface area contributed by atoms with Crippen molar-refractivity contribution in [3.05, 3.63) is 71.5 Å². The second kappa shape index (κ2) is 8.81. The molecule has 0 radical (unpaired) electrons. The maximum atomic E-state index is 12.6. The molecule has 7 heteroatoms. The van der Waals surface area contributed by atoms with Crippen molar-refractivity contribution in [1.82, 2.24) is 14.6 Å². The van der Waals surface area contributed by atoms with Crippen LogP contribution in [0.1, 0.15) is 16.8 Å². The lowest BCUT2D eigenvalue weighted by molar-refractivity contribution is -0.113.